The van der Waals surface area contributed by atoms with Crippen molar-refractivity contribution in [1.29, 1.82) is 0 Å². The molecule has 1 aliphatic heterocycles. The van der Waals surface area contributed by atoms with Gasteiger partial charge in [0.25, 0.3) is 0 Å². The molecule has 2 N–H and O–H groups in total. The van der Waals surface area contributed by atoms with Crippen molar-refractivity contribution in [2.45, 2.75) is 12.6 Å². The summed E-state index contributed by atoms with van der Waals surface area (Å²) in [5.41, 5.74) is 1.60. The van der Waals surface area contributed by atoms with Crippen molar-refractivity contribution < 1.29 is 14.2 Å². The van der Waals surface area contributed by atoms with E-state index in [4.69, 9.17) is 4.74 Å². The lowest BCUT2D eigenvalue weighted by Gasteiger charge is -2.34. The fourth-order valence-corrected chi connectivity index (χ4v) is 2.99. The van der Waals surface area contributed by atoms with Crippen LogP contribution in [0.1, 0.15) is 17.2 Å². The van der Waals surface area contributed by atoms with Crippen molar-refractivity contribution in [3.05, 3.63) is 65.5 Å². The molecule has 128 valence electrons. The molecule has 0 spiro atoms. The minimum Gasteiger partial charge on any atom is -0.489 e. The summed E-state index contributed by atoms with van der Waals surface area (Å²) in [4.78, 5) is 2.28. The predicted octanol–water partition coefficient (Wildman–Crippen LogP) is 2.34. The normalized spacial score (nSPS) is 16.8. The second-order valence-corrected chi connectivity index (χ2v) is 5.93. The average molecular weight is 330 g/mol. The second kappa shape index (κ2) is 8.24. The maximum absolute atomic E-state index is 13.6. The van der Waals surface area contributed by atoms with Gasteiger partial charge in [-0.1, -0.05) is 30.3 Å². The van der Waals surface area contributed by atoms with E-state index in [0.29, 0.717) is 11.3 Å². The van der Waals surface area contributed by atoms with E-state index >= 15 is 0 Å². The number of hydrogen-bond acceptors (Lipinski definition) is 4. The lowest BCUT2D eigenvalue weighted by atomic mass is 10.1. The van der Waals surface area contributed by atoms with E-state index in [1.54, 1.807) is 18.2 Å². The number of nitrogens with one attached hydrogen (secondary N) is 1. The number of piperazine rings is 1. The SMILES string of the molecule is OCC(c1ccc(OCc2ccccc2F)cc1)N1CCNCC1. The monoisotopic (exact) mass is 330 g/mol. The maximum atomic E-state index is 13.6. The first-order valence-electron chi connectivity index (χ1n) is 8.29. The third kappa shape index (κ3) is 4.12. The number of halogens is 1. The summed E-state index contributed by atoms with van der Waals surface area (Å²) in [5.74, 6) is 0.437. The van der Waals surface area contributed by atoms with E-state index in [-0.39, 0.29) is 25.1 Å². The van der Waals surface area contributed by atoms with E-state index in [0.717, 1.165) is 31.7 Å². The molecule has 3 rings (SSSR count). The minimum atomic E-state index is -0.256. The van der Waals surface area contributed by atoms with Gasteiger partial charge in [-0.3, -0.25) is 4.90 Å². The van der Waals surface area contributed by atoms with E-state index in [2.05, 4.69) is 10.2 Å². The first-order valence-corrected chi connectivity index (χ1v) is 8.29. The number of aliphatic hydroxyl groups excluding tert-OH is 1. The van der Waals surface area contributed by atoms with Crippen LogP contribution in [0.15, 0.2) is 48.5 Å². The molecule has 0 bridgehead atoms. The summed E-state index contributed by atoms with van der Waals surface area (Å²) in [6.07, 6.45) is 0. The molecule has 0 saturated carbocycles. The Bertz CT molecular complexity index is 642. The molecule has 1 unspecified atom stereocenters. The van der Waals surface area contributed by atoms with Gasteiger partial charge in [-0.25, -0.2) is 4.39 Å². The zero-order valence-corrected chi connectivity index (χ0v) is 13.6. The molecule has 5 heteroatoms. The molecule has 1 saturated heterocycles. The Morgan fingerprint density at radius 1 is 1.08 bits per heavy atom. The Morgan fingerprint density at radius 3 is 2.46 bits per heavy atom. The molecular weight excluding hydrogens is 307 g/mol. The molecule has 24 heavy (non-hydrogen) atoms. The van der Waals surface area contributed by atoms with Gasteiger partial charge in [0.1, 0.15) is 18.2 Å². The fourth-order valence-electron chi connectivity index (χ4n) is 2.99. The lowest BCUT2D eigenvalue weighted by molar-refractivity contribution is 0.111. The van der Waals surface area contributed by atoms with E-state index in [1.807, 2.05) is 24.3 Å². The third-order valence-electron chi connectivity index (χ3n) is 4.38. The zero-order chi connectivity index (χ0) is 16.8. The molecule has 0 radical (unpaired) electrons. The van der Waals surface area contributed by atoms with Gasteiger partial charge in [0.05, 0.1) is 12.6 Å². The summed E-state index contributed by atoms with van der Waals surface area (Å²) in [6, 6.07) is 14.3. The van der Waals surface area contributed by atoms with Crippen LogP contribution in [-0.4, -0.2) is 42.8 Å². The van der Waals surface area contributed by atoms with Crippen LogP contribution in [0.25, 0.3) is 0 Å². The van der Waals surface area contributed by atoms with Gasteiger partial charge < -0.3 is 15.2 Å². The van der Waals surface area contributed by atoms with Crippen LogP contribution in [0.2, 0.25) is 0 Å². The zero-order valence-electron chi connectivity index (χ0n) is 13.6. The molecule has 1 aliphatic rings. The van der Waals surface area contributed by atoms with Crippen LogP contribution in [-0.2, 0) is 6.61 Å². The number of benzene rings is 2. The molecule has 1 heterocycles. The Kier molecular flexibility index (Phi) is 5.80. The van der Waals surface area contributed by atoms with Crippen molar-refractivity contribution in [2.24, 2.45) is 0 Å². The summed E-state index contributed by atoms with van der Waals surface area (Å²) < 4.78 is 19.3. The van der Waals surface area contributed by atoms with E-state index in [1.165, 1.54) is 6.07 Å². The van der Waals surface area contributed by atoms with Crippen molar-refractivity contribution in [3.63, 3.8) is 0 Å². The molecular formula is C19H23FN2O2. The number of ether oxygens (including phenoxy) is 1. The molecule has 0 amide bonds. The fraction of sp³-hybridized carbons (Fsp3) is 0.368. The topological polar surface area (TPSA) is 44.7 Å². The van der Waals surface area contributed by atoms with Gasteiger partial charge in [0.15, 0.2) is 0 Å². The summed E-state index contributed by atoms with van der Waals surface area (Å²) in [7, 11) is 0. The highest BCUT2D eigenvalue weighted by molar-refractivity contribution is 5.30. The van der Waals surface area contributed by atoms with Gasteiger partial charge >= 0.3 is 0 Å². The molecule has 0 aliphatic carbocycles. The van der Waals surface area contributed by atoms with Gasteiger partial charge in [-0.15, -0.1) is 0 Å². The molecule has 2 aromatic rings. The van der Waals surface area contributed by atoms with Crippen LogP contribution >= 0.6 is 0 Å². The smallest absolute Gasteiger partial charge is 0.129 e. The predicted molar refractivity (Wildman–Crippen MR) is 91.4 cm³/mol. The Labute approximate surface area is 141 Å². The van der Waals surface area contributed by atoms with Gasteiger partial charge in [-0.05, 0) is 23.8 Å². The van der Waals surface area contributed by atoms with Crippen LogP contribution in [0.4, 0.5) is 4.39 Å². The quantitative estimate of drug-likeness (QED) is 0.853. The summed E-state index contributed by atoms with van der Waals surface area (Å²) >= 11 is 0. The first kappa shape index (κ1) is 16.9. The summed E-state index contributed by atoms with van der Waals surface area (Å²) in [5, 5.41) is 13.1. The van der Waals surface area contributed by atoms with Crippen molar-refractivity contribution in [3.8, 4) is 5.75 Å². The van der Waals surface area contributed by atoms with Gasteiger partial charge in [-0.2, -0.15) is 0 Å². The largest absolute Gasteiger partial charge is 0.489 e. The van der Waals surface area contributed by atoms with Crippen molar-refractivity contribution in [2.75, 3.05) is 32.8 Å². The molecule has 0 aromatic heterocycles. The van der Waals surface area contributed by atoms with E-state index < -0.39 is 0 Å². The maximum Gasteiger partial charge on any atom is 0.129 e. The van der Waals surface area contributed by atoms with Gasteiger partial charge in [0.2, 0.25) is 0 Å². The molecule has 1 fully saturated rings. The molecule has 4 nitrogen and oxygen atoms in total. The third-order valence-corrected chi connectivity index (χ3v) is 4.38. The lowest BCUT2D eigenvalue weighted by Crippen LogP contribution is -2.46. The van der Waals surface area contributed by atoms with Gasteiger partial charge in [0, 0.05) is 31.7 Å². The number of aliphatic hydroxyl groups is 1. The summed E-state index contributed by atoms with van der Waals surface area (Å²) in [6.45, 7) is 4.04. The Morgan fingerprint density at radius 2 is 1.79 bits per heavy atom. The highest BCUT2D eigenvalue weighted by atomic mass is 19.1. The highest BCUT2D eigenvalue weighted by Crippen LogP contribution is 2.23. The number of rotatable bonds is 6. The standard InChI is InChI=1S/C19H23FN2O2/c20-18-4-2-1-3-16(18)14-24-17-7-5-15(6-8-17)19(13-23)22-11-9-21-10-12-22/h1-8,19,21,23H,9-14H2. The van der Waals surface area contributed by atoms with E-state index in [9.17, 15) is 9.50 Å². The van der Waals surface area contributed by atoms with Crippen LogP contribution < -0.4 is 10.1 Å². The van der Waals surface area contributed by atoms with Crippen LogP contribution in [0.5, 0.6) is 5.75 Å². The Balaban J connectivity index is 1.63. The van der Waals surface area contributed by atoms with Crippen LogP contribution in [0, 0.1) is 5.82 Å². The Hall–Kier alpha value is -1.95. The van der Waals surface area contributed by atoms with Crippen molar-refractivity contribution in [1.82, 2.24) is 10.2 Å². The van der Waals surface area contributed by atoms with Crippen molar-refractivity contribution >= 4 is 0 Å². The highest BCUT2D eigenvalue weighted by Gasteiger charge is 2.21. The average Bonchev–Trinajstić information content (AvgIpc) is 2.64. The van der Waals surface area contributed by atoms with Crippen LogP contribution in [0.3, 0.4) is 0 Å². The molecule has 1 atom stereocenters. The molecule has 2 aromatic carbocycles. The second-order valence-electron chi connectivity index (χ2n) is 5.93. The number of nitrogens with zero attached hydrogens (tertiary/aromatic N) is 1. The number of hydrogen-bond donors (Lipinski definition) is 2. The minimum absolute atomic E-state index is 0.00715. The first-order chi connectivity index (χ1) is 11.8.